The lowest BCUT2D eigenvalue weighted by Gasteiger charge is -2.36. The molecular formula is C19H23NO6. The van der Waals surface area contributed by atoms with Crippen LogP contribution in [-0.2, 0) is 11.3 Å². The minimum atomic E-state index is -0.924. The maximum atomic E-state index is 11.4. The highest BCUT2D eigenvalue weighted by atomic mass is 16.5. The molecule has 7 nitrogen and oxygen atoms in total. The quantitative estimate of drug-likeness (QED) is 0.850. The summed E-state index contributed by atoms with van der Waals surface area (Å²) in [4.78, 5) is 12.7. The molecule has 2 unspecified atom stereocenters. The van der Waals surface area contributed by atoms with Crippen LogP contribution in [0.25, 0.3) is 0 Å². The van der Waals surface area contributed by atoms with Crippen LogP contribution in [-0.4, -0.2) is 49.5 Å². The third-order valence-electron chi connectivity index (χ3n) is 4.68. The first-order chi connectivity index (χ1) is 12.6. The lowest BCUT2D eigenvalue weighted by molar-refractivity contribution is -0.0201. The fraction of sp³-hybridized carbons (Fsp3) is 0.421. The molecule has 1 fully saturated rings. The van der Waals surface area contributed by atoms with Gasteiger partial charge in [0.25, 0.3) is 0 Å². The number of amides is 1. The highest BCUT2D eigenvalue weighted by Crippen LogP contribution is 2.32. The van der Waals surface area contributed by atoms with Crippen LogP contribution in [0.2, 0.25) is 0 Å². The van der Waals surface area contributed by atoms with Crippen molar-refractivity contribution in [2.75, 3.05) is 27.3 Å². The molecule has 0 radical (unpaired) electrons. The lowest BCUT2D eigenvalue weighted by atomic mass is 9.88. The van der Waals surface area contributed by atoms with Crippen LogP contribution in [0.5, 0.6) is 11.5 Å². The fourth-order valence-corrected chi connectivity index (χ4v) is 3.28. The molecule has 0 bridgehead atoms. The number of benzene rings is 1. The van der Waals surface area contributed by atoms with Crippen molar-refractivity contribution in [3.05, 3.63) is 47.9 Å². The molecule has 1 N–H and O–H groups in total. The average Bonchev–Trinajstić information content (AvgIpc) is 3.20. The molecule has 2 atom stereocenters. The van der Waals surface area contributed by atoms with Crippen molar-refractivity contribution in [3.8, 4) is 11.5 Å². The summed E-state index contributed by atoms with van der Waals surface area (Å²) in [5.74, 6) is 1.46. The van der Waals surface area contributed by atoms with Gasteiger partial charge in [-0.05, 0) is 35.7 Å². The van der Waals surface area contributed by atoms with Crippen LogP contribution >= 0.6 is 0 Å². The molecule has 7 heteroatoms. The number of hydrogen-bond donors (Lipinski definition) is 1. The van der Waals surface area contributed by atoms with Crippen molar-refractivity contribution < 1.29 is 28.5 Å². The van der Waals surface area contributed by atoms with E-state index < -0.39 is 6.09 Å². The van der Waals surface area contributed by atoms with Crippen LogP contribution < -0.4 is 9.47 Å². The largest absolute Gasteiger partial charge is 0.497 e. The highest BCUT2D eigenvalue weighted by molar-refractivity contribution is 5.65. The van der Waals surface area contributed by atoms with Crippen LogP contribution in [0.15, 0.2) is 41.2 Å². The topological polar surface area (TPSA) is 81.4 Å². The van der Waals surface area contributed by atoms with Gasteiger partial charge in [0.1, 0.15) is 11.5 Å². The molecule has 140 valence electrons. The van der Waals surface area contributed by atoms with Crippen molar-refractivity contribution in [2.45, 2.75) is 25.0 Å². The smallest absolute Gasteiger partial charge is 0.407 e. The van der Waals surface area contributed by atoms with Gasteiger partial charge in [0.05, 0.1) is 46.0 Å². The van der Waals surface area contributed by atoms with Crippen LogP contribution in [0, 0.1) is 0 Å². The Morgan fingerprint density at radius 3 is 2.58 bits per heavy atom. The van der Waals surface area contributed by atoms with Gasteiger partial charge in [-0.25, -0.2) is 4.79 Å². The molecule has 0 spiro atoms. The van der Waals surface area contributed by atoms with Gasteiger partial charge in [-0.2, -0.15) is 0 Å². The summed E-state index contributed by atoms with van der Waals surface area (Å²) in [6.45, 7) is 1.14. The zero-order valence-corrected chi connectivity index (χ0v) is 14.9. The van der Waals surface area contributed by atoms with Gasteiger partial charge in [0, 0.05) is 18.5 Å². The number of hydrogen-bond acceptors (Lipinski definition) is 5. The van der Waals surface area contributed by atoms with E-state index in [1.165, 1.54) is 4.90 Å². The molecule has 0 saturated carbocycles. The maximum absolute atomic E-state index is 11.4. The molecule has 26 heavy (non-hydrogen) atoms. The van der Waals surface area contributed by atoms with Crippen molar-refractivity contribution in [1.82, 2.24) is 4.90 Å². The van der Waals surface area contributed by atoms with Crippen LogP contribution in [0.1, 0.15) is 23.5 Å². The Balaban J connectivity index is 1.74. The summed E-state index contributed by atoms with van der Waals surface area (Å²) in [7, 11) is 3.19. The van der Waals surface area contributed by atoms with E-state index in [2.05, 4.69) is 0 Å². The standard InChI is InChI=1S/C19H23NO6/c1-23-15-7-13(8-16(9-15)24-2)11-26-18-10-20(19(21)22)5-3-17(18)14-4-6-25-12-14/h4,6-9,12,17-18H,3,5,10-11H2,1-2H3,(H,21,22). The summed E-state index contributed by atoms with van der Waals surface area (Å²) in [6, 6.07) is 7.47. The number of likely N-dealkylation sites (tertiary alicyclic amines) is 1. The van der Waals surface area contributed by atoms with Crippen molar-refractivity contribution in [1.29, 1.82) is 0 Å². The lowest BCUT2D eigenvalue weighted by Crippen LogP contribution is -2.46. The summed E-state index contributed by atoms with van der Waals surface area (Å²) >= 11 is 0. The summed E-state index contributed by atoms with van der Waals surface area (Å²) < 4.78 is 21.9. The van der Waals surface area contributed by atoms with Gasteiger partial charge in [-0.3, -0.25) is 0 Å². The number of methoxy groups -OCH3 is 2. The Morgan fingerprint density at radius 1 is 1.27 bits per heavy atom. The number of nitrogens with zero attached hydrogens (tertiary/aromatic N) is 1. The Hall–Kier alpha value is -2.67. The Labute approximate surface area is 152 Å². The van der Waals surface area contributed by atoms with E-state index in [1.54, 1.807) is 32.8 Å². The van der Waals surface area contributed by atoms with E-state index >= 15 is 0 Å². The molecule has 1 aromatic carbocycles. The predicted octanol–water partition coefficient (Wildman–Crippen LogP) is 3.35. The molecular weight excluding hydrogens is 338 g/mol. The Bertz CT molecular complexity index is 707. The monoisotopic (exact) mass is 361 g/mol. The average molecular weight is 361 g/mol. The molecule has 2 aromatic rings. The molecule has 1 aromatic heterocycles. The minimum absolute atomic E-state index is 0.0943. The Morgan fingerprint density at radius 2 is 2.00 bits per heavy atom. The fourth-order valence-electron chi connectivity index (χ4n) is 3.28. The first-order valence-electron chi connectivity index (χ1n) is 8.44. The molecule has 1 aliphatic rings. The summed E-state index contributed by atoms with van der Waals surface area (Å²) in [5, 5.41) is 9.31. The van der Waals surface area contributed by atoms with Gasteiger partial charge in [-0.15, -0.1) is 0 Å². The van der Waals surface area contributed by atoms with E-state index in [0.29, 0.717) is 37.6 Å². The molecule has 2 heterocycles. The number of furan rings is 1. The van der Waals surface area contributed by atoms with Gasteiger partial charge < -0.3 is 28.6 Å². The van der Waals surface area contributed by atoms with Crippen molar-refractivity contribution in [3.63, 3.8) is 0 Å². The van der Waals surface area contributed by atoms with Crippen LogP contribution in [0.3, 0.4) is 0 Å². The number of ether oxygens (including phenoxy) is 3. The summed E-state index contributed by atoms with van der Waals surface area (Å²) in [6.07, 6.45) is 2.84. The number of carbonyl (C=O) groups is 1. The Kier molecular flexibility index (Phi) is 5.68. The zero-order valence-electron chi connectivity index (χ0n) is 14.9. The van der Waals surface area contributed by atoms with Gasteiger partial charge >= 0.3 is 6.09 Å². The minimum Gasteiger partial charge on any atom is -0.497 e. The van der Waals surface area contributed by atoms with E-state index in [0.717, 1.165) is 11.1 Å². The third-order valence-corrected chi connectivity index (χ3v) is 4.68. The number of carboxylic acid groups (broad SMARTS) is 1. The second-order valence-corrected chi connectivity index (χ2v) is 6.25. The van der Waals surface area contributed by atoms with E-state index in [9.17, 15) is 9.90 Å². The first-order valence-corrected chi connectivity index (χ1v) is 8.44. The third kappa shape index (κ3) is 4.11. The zero-order chi connectivity index (χ0) is 18.5. The van der Waals surface area contributed by atoms with Crippen LogP contribution in [0.4, 0.5) is 4.79 Å². The van der Waals surface area contributed by atoms with E-state index in [-0.39, 0.29) is 12.0 Å². The van der Waals surface area contributed by atoms with Crippen molar-refractivity contribution in [2.24, 2.45) is 0 Å². The summed E-state index contributed by atoms with van der Waals surface area (Å²) in [5.41, 5.74) is 1.93. The van der Waals surface area contributed by atoms with Crippen molar-refractivity contribution >= 4 is 6.09 Å². The molecule has 1 amide bonds. The predicted molar refractivity (Wildman–Crippen MR) is 93.8 cm³/mol. The van der Waals surface area contributed by atoms with E-state index in [4.69, 9.17) is 18.6 Å². The molecule has 3 rings (SSSR count). The highest BCUT2D eigenvalue weighted by Gasteiger charge is 2.33. The number of piperidine rings is 1. The normalized spacial score (nSPS) is 20.0. The van der Waals surface area contributed by atoms with E-state index in [1.807, 2.05) is 18.2 Å². The van der Waals surface area contributed by atoms with Gasteiger partial charge in [-0.1, -0.05) is 0 Å². The molecule has 0 aliphatic carbocycles. The second-order valence-electron chi connectivity index (χ2n) is 6.25. The second kappa shape index (κ2) is 8.14. The van der Waals surface area contributed by atoms with Gasteiger partial charge in [0.2, 0.25) is 0 Å². The number of rotatable bonds is 6. The molecule has 1 saturated heterocycles. The van der Waals surface area contributed by atoms with Gasteiger partial charge in [0.15, 0.2) is 0 Å². The molecule has 1 aliphatic heterocycles. The maximum Gasteiger partial charge on any atom is 0.407 e. The first kappa shape index (κ1) is 18.1. The SMILES string of the molecule is COc1cc(COC2CN(C(=O)O)CCC2c2ccoc2)cc(OC)c1.